The first kappa shape index (κ1) is 16.6. The number of carbonyl (C=O) groups is 2. The molecule has 0 amide bonds. The first-order valence-electron chi connectivity index (χ1n) is 6.04. The highest BCUT2D eigenvalue weighted by molar-refractivity contribution is 6.40. The van der Waals surface area contributed by atoms with Crippen molar-refractivity contribution in [3.05, 3.63) is 63.1 Å². The number of esters is 1. The molecular formula is C15H9Cl3O4. The summed E-state index contributed by atoms with van der Waals surface area (Å²) in [6.07, 6.45) is 0. The smallest absolute Gasteiger partial charge is 0.330 e. The molecule has 22 heavy (non-hydrogen) atoms. The van der Waals surface area contributed by atoms with Gasteiger partial charge in [-0.15, -0.1) is 0 Å². The lowest BCUT2D eigenvalue weighted by Crippen LogP contribution is -2.26. The highest BCUT2D eigenvalue weighted by Crippen LogP contribution is 2.36. The van der Waals surface area contributed by atoms with Gasteiger partial charge in [-0.25, -0.2) is 0 Å². The third kappa shape index (κ3) is 3.71. The van der Waals surface area contributed by atoms with Gasteiger partial charge in [0.05, 0.1) is 10.0 Å². The Morgan fingerprint density at radius 2 is 1.55 bits per heavy atom. The fourth-order valence-electron chi connectivity index (χ4n) is 1.81. The number of benzene rings is 2. The molecule has 0 heterocycles. The van der Waals surface area contributed by atoms with E-state index in [9.17, 15) is 14.7 Å². The fraction of sp³-hybridized carbons (Fsp3) is 0.0667. The molecule has 0 saturated heterocycles. The van der Waals surface area contributed by atoms with E-state index in [4.69, 9.17) is 39.5 Å². The van der Waals surface area contributed by atoms with Crippen LogP contribution in [0.3, 0.4) is 0 Å². The lowest BCUT2D eigenvalue weighted by atomic mass is 10.00. The monoisotopic (exact) mass is 358 g/mol. The molecule has 1 N–H and O–H groups in total. The maximum absolute atomic E-state index is 12.2. The lowest BCUT2D eigenvalue weighted by molar-refractivity contribution is -0.148. The molecule has 0 fully saturated rings. The topological polar surface area (TPSA) is 63.6 Å². The molecule has 0 spiro atoms. The first-order chi connectivity index (χ1) is 10.4. The van der Waals surface area contributed by atoms with E-state index in [0.717, 1.165) is 0 Å². The SMILES string of the molecule is O=C(O)C(C(=O)Oc1c(Cl)cc(Cl)cc1Cl)c1ccccc1. The molecule has 0 aromatic heterocycles. The first-order valence-corrected chi connectivity index (χ1v) is 7.17. The standard InChI is InChI=1S/C15H9Cl3O4/c16-9-6-10(17)13(11(18)7-9)22-15(21)12(14(19)20)8-4-2-1-3-5-8/h1-7,12H,(H,19,20). The van der Waals surface area contributed by atoms with E-state index >= 15 is 0 Å². The van der Waals surface area contributed by atoms with Gasteiger partial charge in [-0.05, 0) is 17.7 Å². The molecule has 0 aliphatic rings. The van der Waals surface area contributed by atoms with Crippen LogP contribution in [-0.2, 0) is 9.59 Å². The van der Waals surface area contributed by atoms with Crippen molar-refractivity contribution in [1.82, 2.24) is 0 Å². The van der Waals surface area contributed by atoms with E-state index in [1.54, 1.807) is 18.2 Å². The summed E-state index contributed by atoms with van der Waals surface area (Å²) in [6, 6.07) is 10.7. The Balaban J connectivity index is 2.33. The maximum Gasteiger partial charge on any atom is 0.330 e. The van der Waals surface area contributed by atoms with Gasteiger partial charge in [-0.3, -0.25) is 9.59 Å². The predicted octanol–water partition coefficient (Wildman–Crippen LogP) is 4.42. The fourth-order valence-corrected chi connectivity index (χ4v) is 2.71. The van der Waals surface area contributed by atoms with Crippen LogP contribution in [0.15, 0.2) is 42.5 Å². The predicted molar refractivity (Wildman–Crippen MR) is 83.9 cm³/mol. The molecule has 1 atom stereocenters. The third-order valence-electron chi connectivity index (χ3n) is 2.78. The Bertz CT molecular complexity index is 693. The van der Waals surface area contributed by atoms with Gasteiger partial charge in [-0.2, -0.15) is 0 Å². The van der Waals surface area contributed by atoms with Gasteiger partial charge < -0.3 is 9.84 Å². The molecule has 2 aromatic rings. The van der Waals surface area contributed by atoms with E-state index < -0.39 is 17.9 Å². The van der Waals surface area contributed by atoms with Crippen LogP contribution in [0.5, 0.6) is 5.75 Å². The van der Waals surface area contributed by atoms with Gasteiger partial charge >= 0.3 is 11.9 Å². The van der Waals surface area contributed by atoms with Crippen LogP contribution in [0.4, 0.5) is 0 Å². The molecule has 0 aliphatic carbocycles. The van der Waals surface area contributed by atoms with Crippen LogP contribution in [-0.4, -0.2) is 17.0 Å². The molecule has 0 saturated carbocycles. The number of carboxylic acids is 1. The molecule has 0 aliphatic heterocycles. The Hall–Kier alpha value is -1.75. The Morgan fingerprint density at radius 3 is 2.05 bits per heavy atom. The average molecular weight is 360 g/mol. The third-order valence-corrected chi connectivity index (χ3v) is 3.56. The number of ether oxygens (including phenoxy) is 1. The molecular weight excluding hydrogens is 351 g/mol. The summed E-state index contributed by atoms with van der Waals surface area (Å²) in [5.74, 6) is -3.94. The van der Waals surface area contributed by atoms with Crippen molar-refractivity contribution in [2.24, 2.45) is 0 Å². The largest absolute Gasteiger partial charge is 0.480 e. The van der Waals surface area contributed by atoms with Crippen molar-refractivity contribution >= 4 is 46.7 Å². The zero-order chi connectivity index (χ0) is 16.3. The average Bonchev–Trinajstić information content (AvgIpc) is 2.43. The minimum atomic E-state index is -1.48. The zero-order valence-corrected chi connectivity index (χ0v) is 13.2. The van der Waals surface area contributed by atoms with E-state index in [2.05, 4.69) is 0 Å². The van der Waals surface area contributed by atoms with Gasteiger partial charge in [0.2, 0.25) is 0 Å². The number of hydrogen-bond donors (Lipinski definition) is 1. The van der Waals surface area contributed by atoms with Gasteiger partial charge in [-0.1, -0.05) is 65.1 Å². The van der Waals surface area contributed by atoms with Crippen LogP contribution >= 0.6 is 34.8 Å². The van der Waals surface area contributed by atoms with Crippen molar-refractivity contribution in [1.29, 1.82) is 0 Å². The Labute approximate surface area is 141 Å². The molecule has 4 nitrogen and oxygen atoms in total. The van der Waals surface area contributed by atoms with Crippen LogP contribution in [0.1, 0.15) is 11.5 Å². The normalized spacial score (nSPS) is 11.8. The quantitative estimate of drug-likeness (QED) is 0.498. The van der Waals surface area contributed by atoms with Gasteiger partial charge in [0.15, 0.2) is 11.7 Å². The molecule has 114 valence electrons. The highest BCUT2D eigenvalue weighted by atomic mass is 35.5. The molecule has 0 radical (unpaired) electrons. The summed E-state index contributed by atoms with van der Waals surface area (Å²) in [7, 11) is 0. The zero-order valence-electron chi connectivity index (χ0n) is 10.9. The number of carboxylic acid groups (broad SMARTS) is 1. The van der Waals surface area contributed by atoms with Crippen molar-refractivity contribution in [3.63, 3.8) is 0 Å². The van der Waals surface area contributed by atoms with E-state index in [0.29, 0.717) is 5.56 Å². The summed E-state index contributed by atoms with van der Waals surface area (Å²) in [5, 5.41) is 9.57. The summed E-state index contributed by atoms with van der Waals surface area (Å²) in [6.45, 7) is 0. The molecule has 2 aromatic carbocycles. The number of aliphatic carboxylic acids is 1. The van der Waals surface area contributed by atoms with Gasteiger partial charge in [0.1, 0.15) is 0 Å². The summed E-state index contributed by atoms with van der Waals surface area (Å²) >= 11 is 17.6. The van der Waals surface area contributed by atoms with E-state index in [1.807, 2.05) is 0 Å². The van der Waals surface area contributed by atoms with Crippen LogP contribution in [0.25, 0.3) is 0 Å². The van der Waals surface area contributed by atoms with Crippen LogP contribution in [0.2, 0.25) is 15.1 Å². The highest BCUT2D eigenvalue weighted by Gasteiger charge is 2.31. The minimum Gasteiger partial charge on any atom is -0.480 e. The second-order valence-corrected chi connectivity index (χ2v) is 5.55. The summed E-state index contributed by atoms with van der Waals surface area (Å²) in [5.41, 5.74) is 0.293. The van der Waals surface area contributed by atoms with E-state index in [-0.39, 0.29) is 20.8 Å². The van der Waals surface area contributed by atoms with Gasteiger partial charge in [0.25, 0.3) is 0 Å². The number of carbonyl (C=O) groups excluding carboxylic acids is 1. The lowest BCUT2D eigenvalue weighted by Gasteiger charge is -2.14. The number of rotatable bonds is 4. The Kier molecular flexibility index (Phi) is 5.29. The number of halogens is 3. The summed E-state index contributed by atoms with van der Waals surface area (Å²) < 4.78 is 5.07. The Morgan fingerprint density at radius 1 is 1.00 bits per heavy atom. The minimum absolute atomic E-state index is 0.0167. The van der Waals surface area contributed by atoms with Gasteiger partial charge in [0, 0.05) is 5.02 Å². The number of hydrogen-bond acceptors (Lipinski definition) is 3. The second-order valence-electron chi connectivity index (χ2n) is 4.30. The molecule has 2 rings (SSSR count). The molecule has 1 unspecified atom stereocenters. The molecule has 0 bridgehead atoms. The molecule has 7 heteroatoms. The van der Waals surface area contributed by atoms with Crippen molar-refractivity contribution in [2.45, 2.75) is 5.92 Å². The van der Waals surface area contributed by atoms with E-state index in [1.165, 1.54) is 24.3 Å². The second kappa shape index (κ2) is 7.01. The van der Waals surface area contributed by atoms with Crippen molar-refractivity contribution < 1.29 is 19.4 Å². The maximum atomic E-state index is 12.2. The summed E-state index contributed by atoms with van der Waals surface area (Å²) in [4.78, 5) is 23.6. The van der Waals surface area contributed by atoms with Crippen LogP contribution < -0.4 is 4.74 Å². The van der Waals surface area contributed by atoms with Crippen molar-refractivity contribution in [3.8, 4) is 5.75 Å². The van der Waals surface area contributed by atoms with Crippen molar-refractivity contribution in [2.75, 3.05) is 0 Å². The van der Waals surface area contributed by atoms with Crippen LogP contribution in [0, 0.1) is 0 Å².